The standard InChI is InChI=1S/C31H24N2O6.ClH/c34-29(35)16-20-6-8-21(9-7-20)30(36)32-19-27-14-15-28(38-27)31(37)39-26-13-11-22-17-25(12-10-23(22)18-26)33-24-4-2-1-3-5-24;/h1-15,17-18,33H,16,19H2,(H,32,36)(H,34,35);1H. The van der Waals surface area contributed by atoms with Crippen molar-refractivity contribution < 1.29 is 28.6 Å². The molecular formula is C31H25ClN2O6. The number of anilines is 2. The Hall–Kier alpha value is -5.08. The predicted molar refractivity (Wildman–Crippen MR) is 154 cm³/mol. The molecule has 0 saturated heterocycles. The summed E-state index contributed by atoms with van der Waals surface area (Å²) < 4.78 is 11.1. The van der Waals surface area contributed by atoms with Crippen molar-refractivity contribution in [3.63, 3.8) is 0 Å². The molecule has 0 aliphatic carbocycles. The topological polar surface area (TPSA) is 118 Å². The molecule has 0 bridgehead atoms. The predicted octanol–water partition coefficient (Wildman–Crippen LogP) is 6.37. The van der Waals surface area contributed by atoms with Crippen LogP contribution in [-0.2, 0) is 17.8 Å². The first kappa shape index (κ1) is 27.9. The van der Waals surface area contributed by atoms with Crippen molar-refractivity contribution in [3.8, 4) is 5.75 Å². The Morgan fingerprint density at radius 1 is 0.775 bits per heavy atom. The van der Waals surface area contributed by atoms with Gasteiger partial charge in [-0.15, -0.1) is 12.4 Å². The SMILES string of the molecule is Cl.O=C(O)Cc1ccc(C(=O)NCc2ccc(C(=O)Oc3ccc4cc(Nc5ccccc5)ccc4c3)o2)cc1. The quantitative estimate of drug-likeness (QED) is 0.142. The van der Waals surface area contributed by atoms with E-state index in [-0.39, 0.29) is 37.0 Å². The summed E-state index contributed by atoms with van der Waals surface area (Å²) in [5.41, 5.74) is 2.93. The number of fused-ring (bicyclic) bond motifs is 1. The number of carboxylic acid groups (broad SMARTS) is 1. The lowest BCUT2D eigenvalue weighted by Gasteiger charge is -2.09. The number of esters is 1. The molecule has 0 unspecified atom stereocenters. The lowest BCUT2D eigenvalue weighted by atomic mass is 10.1. The van der Waals surface area contributed by atoms with E-state index >= 15 is 0 Å². The van der Waals surface area contributed by atoms with Crippen LogP contribution in [-0.4, -0.2) is 23.0 Å². The number of hydrogen-bond acceptors (Lipinski definition) is 6. The van der Waals surface area contributed by atoms with Gasteiger partial charge in [-0.05, 0) is 77.0 Å². The number of carboxylic acids is 1. The molecule has 40 heavy (non-hydrogen) atoms. The lowest BCUT2D eigenvalue weighted by molar-refractivity contribution is -0.136. The molecule has 4 aromatic carbocycles. The summed E-state index contributed by atoms with van der Waals surface area (Å²) in [6.07, 6.45) is -0.112. The maximum atomic E-state index is 12.6. The molecule has 5 aromatic rings. The lowest BCUT2D eigenvalue weighted by Crippen LogP contribution is -2.22. The molecule has 5 rings (SSSR count). The molecule has 0 spiro atoms. The van der Waals surface area contributed by atoms with Crippen LogP contribution in [0.4, 0.5) is 11.4 Å². The molecular weight excluding hydrogens is 532 g/mol. The minimum absolute atomic E-state index is 0. The van der Waals surface area contributed by atoms with E-state index < -0.39 is 11.9 Å². The van der Waals surface area contributed by atoms with E-state index in [1.807, 2.05) is 54.6 Å². The minimum Gasteiger partial charge on any atom is -0.481 e. The summed E-state index contributed by atoms with van der Waals surface area (Å²) in [5, 5.41) is 16.8. The minimum atomic E-state index is -0.939. The number of hydrogen-bond donors (Lipinski definition) is 3. The van der Waals surface area contributed by atoms with Gasteiger partial charge in [-0.1, -0.05) is 42.5 Å². The van der Waals surface area contributed by atoms with E-state index in [1.54, 1.807) is 42.5 Å². The monoisotopic (exact) mass is 556 g/mol. The van der Waals surface area contributed by atoms with Gasteiger partial charge < -0.3 is 24.9 Å². The summed E-state index contributed by atoms with van der Waals surface area (Å²) >= 11 is 0. The number of halogens is 1. The van der Waals surface area contributed by atoms with Crippen LogP contribution in [0.1, 0.15) is 32.2 Å². The summed E-state index contributed by atoms with van der Waals surface area (Å²) in [6.45, 7) is 0.0678. The van der Waals surface area contributed by atoms with Gasteiger partial charge in [0.2, 0.25) is 5.76 Å². The van der Waals surface area contributed by atoms with Gasteiger partial charge in [0, 0.05) is 16.9 Å². The van der Waals surface area contributed by atoms with Gasteiger partial charge in [0.25, 0.3) is 5.91 Å². The highest BCUT2D eigenvalue weighted by Crippen LogP contribution is 2.26. The average molecular weight is 557 g/mol. The van der Waals surface area contributed by atoms with Gasteiger partial charge >= 0.3 is 11.9 Å². The Balaban J connectivity index is 0.00000370. The fraction of sp³-hybridized carbons (Fsp3) is 0.0645. The summed E-state index contributed by atoms with van der Waals surface area (Å²) in [5.74, 6) is -1.16. The molecule has 0 fully saturated rings. The maximum Gasteiger partial charge on any atom is 0.379 e. The fourth-order valence-electron chi connectivity index (χ4n) is 4.01. The highest BCUT2D eigenvalue weighted by Gasteiger charge is 2.15. The molecule has 0 atom stereocenters. The Bertz CT molecular complexity index is 1650. The van der Waals surface area contributed by atoms with Crippen LogP contribution in [0.15, 0.2) is 108 Å². The number of nitrogens with one attached hydrogen (secondary N) is 2. The zero-order chi connectivity index (χ0) is 27.2. The first-order valence-electron chi connectivity index (χ1n) is 12.2. The van der Waals surface area contributed by atoms with Gasteiger partial charge in [0.15, 0.2) is 0 Å². The largest absolute Gasteiger partial charge is 0.481 e. The van der Waals surface area contributed by atoms with E-state index in [2.05, 4.69) is 10.6 Å². The number of aliphatic carboxylic acids is 1. The number of carbonyl (C=O) groups excluding carboxylic acids is 2. The van der Waals surface area contributed by atoms with Gasteiger partial charge in [0.1, 0.15) is 11.5 Å². The third kappa shape index (κ3) is 7.06. The van der Waals surface area contributed by atoms with Crippen molar-refractivity contribution in [1.82, 2.24) is 5.32 Å². The number of amides is 1. The Morgan fingerprint density at radius 2 is 1.50 bits per heavy atom. The van der Waals surface area contributed by atoms with E-state index in [0.29, 0.717) is 22.6 Å². The van der Waals surface area contributed by atoms with Crippen LogP contribution in [0.5, 0.6) is 5.75 Å². The first-order chi connectivity index (χ1) is 18.9. The van der Waals surface area contributed by atoms with Crippen molar-refractivity contribution in [2.75, 3.05) is 5.32 Å². The average Bonchev–Trinajstić information content (AvgIpc) is 3.42. The number of carbonyl (C=O) groups is 3. The highest BCUT2D eigenvalue weighted by molar-refractivity contribution is 5.94. The molecule has 0 radical (unpaired) electrons. The fourth-order valence-corrected chi connectivity index (χ4v) is 4.01. The number of rotatable bonds is 9. The molecule has 9 heteroatoms. The van der Waals surface area contributed by atoms with E-state index in [1.165, 1.54) is 6.07 Å². The molecule has 1 heterocycles. The van der Waals surface area contributed by atoms with Crippen LogP contribution in [0.25, 0.3) is 10.8 Å². The Labute approximate surface area is 236 Å². The van der Waals surface area contributed by atoms with Crippen molar-refractivity contribution in [1.29, 1.82) is 0 Å². The molecule has 0 aliphatic heterocycles. The molecule has 202 valence electrons. The van der Waals surface area contributed by atoms with Crippen LogP contribution < -0.4 is 15.4 Å². The smallest absolute Gasteiger partial charge is 0.379 e. The van der Waals surface area contributed by atoms with Gasteiger partial charge in [-0.25, -0.2) is 4.79 Å². The van der Waals surface area contributed by atoms with E-state index in [4.69, 9.17) is 14.3 Å². The number of furan rings is 1. The first-order valence-corrected chi connectivity index (χ1v) is 12.2. The molecule has 0 saturated carbocycles. The summed E-state index contributed by atoms with van der Waals surface area (Å²) in [6, 6.07) is 30.6. The van der Waals surface area contributed by atoms with E-state index in [0.717, 1.165) is 22.1 Å². The van der Waals surface area contributed by atoms with Crippen molar-refractivity contribution in [3.05, 3.63) is 126 Å². The van der Waals surface area contributed by atoms with Crippen LogP contribution in [0.2, 0.25) is 0 Å². The normalized spacial score (nSPS) is 10.4. The van der Waals surface area contributed by atoms with Crippen molar-refractivity contribution in [2.45, 2.75) is 13.0 Å². The molecule has 1 amide bonds. The van der Waals surface area contributed by atoms with Gasteiger partial charge in [0.05, 0.1) is 13.0 Å². The third-order valence-corrected chi connectivity index (χ3v) is 5.94. The van der Waals surface area contributed by atoms with Gasteiger partial charge in [-0.3, -0.25) is 9.59 Å². The second kappa shape index (κ2) is 12.6. The van der Waals surface area contributed by atoms with Crippen LogP contribution in [0.3, 0.4) is 0 Å². The number of ether oxygens (including phenoxy) is 1. The maximum absolute atomic E-state index is 12.6. The molecule has 0 aliphatic rings. The number of para-hydroxylation sites is 1. The van der Waals surface area contributed by atoms with Crippen LogP contribution >= 0.6 is 12.4 Å². The zero-order valence-electron chi connectivity index (χ0n) is 21.1. The molecule has 8 nitrogen and oxygen atoms in total. The summed E-state index contributed by atoms with van der Waals surface area (Å²) in [7, 11) is 0. The van der Waals surface area contributed by atoms with Gasteiger partial charge in [-0.2, -0.15) is 0 Å². The van der Waals surface area contributed by atoms with Crippen LogP contribution in [0, 0.1) is 0 Å². The highest BCUT2D eigenvalue weighted by atomic mass is 35.5. The second-order valence-electron chi connectivity index (χ2n) is 8.82. The third-order valence-electron chi connectivity index (χ3n) is 5.94. The summed E-state index contributed by atoms with van der Waals surface area (Å²) in [4.78, 5) is 35.8. The zero-order valence-corrected chi connectivity index (χ0v) is 21.9. The van der Waals surface area contributed by atoms with Crippen molar-refractivity contribution in [2.24, 2.45) is 0 Å². The molecule has 1 aromatic heterocycles. The Kier molecular flexibility index (Phi) is 8.83. The van der Waals surface area contributed by atoms with Crippen molar-refractivity contribution >= 4 is 52.4 Å². The Morgan fingerprint density at radius 3 is 2.25 bits per heavy atom. The molecule has 3 N–H and O–H groups in total. The number of benzene rings is 4. The van der Waals surface area contributed by atoms with E-state index in [9.17, 15) is 14.4 Å². The second-order valence-corrected chi connectivity index (χ2v) is 8.82.